The van der Waals surface area contributed by atoms with Gasteiger partial charge >= 0.3 is 0 Å². The molecule has 1 atom stereocenters. The van der Waals surface area contributed by atoms with E-state index < -0.39 is 0 Å². The molecule has 0 aliphatic rings. The number of halogens is 3. The van der Waals surface area contributed by atoms with Gasteiger partial charge in [-0.3, -0.25) is 0 Å². The molecule has 0 radical (unpaired) electrons. The molecule has 0 spiro atoms. The second-order valence-electron chi connectivity index (χ2n) is 4.59. The average molecular weight is 357 g/mol. The fourth-order valence-electron chi connectivity index (χ4n) is 2.27. The Morgan fingerprint density at radius 3 is 2.55 bits per heavy atom. The van der Waals surface area contributed by atoms with Crippen LogP contribution in [0.4, 0.5) is 4.39 Å². The van der Waals surface area contributed by atoms with E-state index in [-0.39, 0.29) is 11.9 Å². The van der Waals surface area contributed by atoms with Gasteiger partial charge in [-0.1, -0.05) is 42.8 Å². The van der Waals surface area contributed by atoms with Crippen molar-refractivity contribution in [2.24, 2.45) is 0 Å². The van der Waals surface area contributed by atoms with Gasteiger partial charge in [0.05, 0.1) is 10.5 Å². The van der Waals surface area contributed by atoms with Crippen LogP contribution in [0, 0.1) is 12.7 Å². The Hall–Kier alpha value is -0.900. The third-order valence-corrected chi connectivity index (χ3v) is 4.34. The minimum Gasteiger partial charge on any atom is -0.306 e. The molecule has 1 nitrogen and oxygen atoms in total. The van der Waals surface area contributed by atoms with E-state index in [1.807, 2.05) is 38.1 Å². The summed E-state index contributed by atoms with van der Waals surface area (Å²) >= 11 is 9.43. The summed E-state index contributed by atoms with van der Waals surface area (Å²) in [7, 11) is 0. The Balaban J connectivity index is 2.56. The lowest BCUT2D eigenvalue weighted by atomic mass is 9.94. The van der Waals surface area contributed by atoms with Crippen LogP contribution in [0.25, 0.3) is 0 Å². The highest BCUT2D eigenvalue weighted by Gasteiger charge is 2.20. The largest absolute Gasteiger partial charge is 0.306 e. The highest BCUT2D eigenvalue weighted by atomic mass is 79.9. The molecule has 0 heterocycles. The van der Waals surface area contributed by atoms with Gasteiger partial charge in [0.1, 0.15) is 5.82 Å². The molecular formula is C16H16BrClFN. The summed E-state index contributed by atoms with van der Waals surface area (Å²) in [5.41, 5.74) is 2.59. The Morgan fingerprint density at radius 2 is 1.85 bits per heavy atom. The Bertz CT molecular complexity index is 564. The summed E-state index contributed by atoms with van der Waals surface area (Å²) in [6, 6.07) is 10.9. The summed E-state index contributed by atoms with van der Waals surface area (Å²) < 4.78 is 14.8. The fourth-order valence-corrected chi connectivity index (χ4v) is 2.84. The third kappa shape index (κ3) is 3.05. The van der Waals surface area contributed by atoms with Gasteiger partial charge in [-0.2, -0.15) is 0 Å². The Labute approximate surface area is 132 Å². The van der Waals surface area contributed by atoms with E-state index in [2.05, 4.69) is 21.2 Å². The van der Waals surface area contributed by atoms with Crippen molar-refractivity contribution < 1.29 is 4.39 Å². The lowest BCUT2D eigenvalue weighted by Crippen LogP contribution is -2.24. The van der Waals surface area contributed by atoms with Crippen molar-refractivity contribution in [1.29, 1.82) is 0 Å². The number of benzene rings is 2. The van der Waals surface area contributed by atoms with Crippen LogP contribution in [0.3, 0.4) is 0 Å². The van der Waals surface area contributed by atoms with Crippen LogP contribution in [0.2, 0.25) is 5.02 Å². The highest BCUT2D eigenvalue weighted by Crippen LogP contribution is 2.32. The first kappa shape index (κ1) is 15.5. The van der Waals surface area contributed by atoms with Gasteiger partial charge in [0.15, 0.2) is 0 Å². The van der Waals surface area contributed by atoms with Crippen molar-refractivity contribution in [2.45, 2.75) is 19.9 Å². The average Bonchev–Trinajstić information content (AvgIpc) is 2.43. The van der Waals surface area contributed by atoms with Gasteiger partial charge < -0.3 is 5.32 Å². The quantitative estimate of drug-likeness (QED) is 0.789. The number of nitrogens with one attached hydrogen (secondary N) is 1. The van der Waals surface area contributed by atoms with Gasteiger partial charge in [0.2, 0.25) is 0 Å². The predicted octanol–water partition coefficient (Wildman–Crippen LogP) is 5.25. The molecule has 1 unspecified atom stereocenters. The van der Waals surface area contributed by atoms with E-state index in [1.54, 1.807) is 12.1 Å². The van der Waals surface area contributed by atoms with Gasteiger partial charge in [0.25, 0.3) is 0 Å². The first-order chi connectivity index (χ1) is 9.56. The Kier molecular flexibility index (Phi) is 5.19. The molecule has 0 aliphatic carbocycles. The summed E-state index contributed by atoms with van der Waals surface area (Å²) in [5.74, 6) is -0.238. The molecule has 2 aromatic rings. The van der Waals surface area contributed by atoms with Crippen molar-refractivity contribution in [1.82, 2.24) is 5.32 Å². The molecule has 0 fully saturated rings. The SMILES string of the molecule is CCNC(c1cccc(Cl)c1C)c1cccc(Br)c1F. The lowest BCUT2D eigenvalue weighted by Gasteiger charge is -2.22. The number of hydrogen-bond donors (Lipinski definition) is 1. The van der Waals surface area contributed by atoms with Gasteiger partial charge in [0, 0.05) is 10.6 Å². The zero-order chi connectivity index (χ0) is 14.7. The third-order valence-electron chi connectivity index (χ3n) is 3.32. The standard InChI is InChI=1S/C16H16BrClFN/c1-3-20-16(11-6-5-9-14(18)10(11)2)12-7-4-8-13(17)15(12)19/h4-9,16,20H,3H2,1-2H3. The maximum atomic E-state index is 14.4. The molecular weight excluding hydrogens is 341 g/mol. The van der Waals surface area contributed by atoms with Crippen molar-refractivity contribution in [3.05, 3.63) is 68.4 Å². The zero-order valence-corrected chi connectivity index (χ0v) is 13.7. The minimum atomic E-state index is -0.238. The molecule has 0 saturated heterocycles. The summed E-state index contributed by atoms with van der Waals surface area (Å²) in [6.07, 6.45) is 0. The molecule has 4 heteroatoms. The molecule has 0 amide bonds. The van der Waals surface area contributed by atoms with Crippen molar-refractivity contribution in [3.63, 3.8) is 0 Å². The molecule has 2 rings (SSSR count). The zero-order valence-electron chi connectivity index (χ0n) is 11.4. The summed E-state index contributed by atoms with van der Waals surface area (Å²) in [6.45, 7) is 4.70. The normalized spacial score (nSPS) is 12.4. The van der Waals surface area contributed by atoms with Crippen LogP contribution in [0.5, 0.6) is 0 Å². The van der Waals surface area contributed by atoms with Gasteiger partial charge in [-0.05, 0) is 52.7 Å². The molecule has 0 aromatic heterocycles. The van der Waals surface area contributed by atoms with Crippen LogP contribution in [0.1, 0.15) is 29.7 Å². The predicted molar refractivity (Wildman–Crippen MR) is 85.8 cm³/mol. The second-order valence-corrected chi connectivity index (χ2v) is 5.85. The maximum Gasteiger partial charge on any atom is 0.142 e. The van der Waals surface area contributed by atoms with Crippen molar-refractivity contribution >= 4 is 27.5 Å². The van der Waals surface area contributed by atoms with Gasteiger partial charge in [-0.25, -0.2) is 4.39 Å². The summed E-state index contributed by atoms with van der Waals surface area (Å²) in [4.78, 5) is 0. The lowest BCUT2D eigenvalue weighted by molar-refractivity contribution is 0.554. The molecule has 2 aromatic carbocycles. The van der Waals surface area contributed by atoms with Crippen LogP contribution < -0.4 is 5.32 Å². The molecule has 0 saturated carbocycles. The molecule has 1 N–H and O–H groups in total. The first-order valence-electron chi connectivity index (χ1n) is 6.48. The van der Waals surface area contributed by atoms with Crippen LogP contribution in [0.15, 0.2) is 40.9 Å². The van der Waals surface area contributed by atoms with E-state index in [0.29, 0.717) is 15.1 Å². The first-order valence-corrected chi connectivity index (χ1v) is 7.65. The summed E-state index contributed by atoms with van der Waals surface area (Å²) in [5, 5.41) is 4.03. The molecule has 20 heavy (non-hydrogen) atoms. The van der Waals surface area contributed by atoms with Crippen molar-refractivity contribution in [2.75, 3.05) is 6.54 Å². The number of hydrogen-bond acceptors (Lipinski definition) is 1. The van der Waals surface area contributed by atoms with E-state index in [1.165, 1.54) is 0 Å². The number of rotatable bonds is 4. The van der Waals surface area contributed by atoms with E-state index >= 15 is 0 Å². The van der Waals surface area contributed by atoms with E-state index in [9.17, 15) is 4.39 Å². The van der Waals surface area contributed by atoms with Crippen LogP contribution in [-0.4, -0.2) is 6.54 Å². The molecule has 0 bridgehead atoms. The fraction of sp³-hybridized carbons (Fsp3) is 0.250. The maximum absolute atomic E-state index is 14.4. The second kappa shape index (κ2) is 6.70. The van der Waals surface area contributed by atoms with Crippen LogP contribution in [-0.2, 0) is 0 Å². The van der Waals surface area contributed by atoms with Gasteiger partial charge in [-0.15, -0.1) is 0 Å². The topological polar surface area (TPSA) is 12.0 Å². The van der Waals surface area contributed by atoms with Crippen LogP contribution >= 0.6 is 27.5 Å². The van der Waals surface area contributed by atoms with E-state index in [4.69, 9.17) is 11.6 Å². The monoisotopic (exact) mass is 355 g/mol. The highest BCUT2D eigenvalue weighted by molar-refractivity contribution is 9.10. The minimum absolute atomic E-state index is 0.212. The Morgan fingerprint density at radius 1 is 1.20 bits per heavy atom. The smallest absolute Gasteiger partial charge is 0.142 e. The molecule has 106 valence electrons. The van der Waals surface area contributed by atoms with Crippen molar-refractivity contribution in [3.8, 4) is 0 Å². The molecule has 0 aliphatic heterocycles. The van der Waals surface area contributed by atoms with E-state index in [0.717, 1.165) is 17.7 Å².